The molecule has 1 aromatic carbocycles. The standard InChI is InChI=1S/C11H15BrN4O/c1-3-7-4-5-9(8(12)6-7)16(2)11(17)15-10(13)14/h4-6H,3H2,1-2H3,(H4,13,14,15,17). The minimum Gasteiger partial charge on any atom is -0.370 e. The van der Waals surface area contributed by atoms with Crippen molar-refractivity contribution in [2.24, 2.45) is 5.73 Å². The molecule has 4 N–H and O–H groups in total. The first-order valence-electron chi connectivity index (χ1n) is 5.12. The molecule has 0 fully saturated rings. The van der Waals surface area contributed by atoms with Crippen LogP contribution < -0.4 is 16.0 Å². The number of carbonyl (C=O) groups is 1. The largest absolute Gasteiger partial charge is 0.370 e. The number of nitrogens with one attached hydrogen (secondary N) is 2. The fraction of sp³-hybridized carbons (Fsp3) is 0.273. The number of nitrogens with zero attached hydrogens (tertiary/aromatic N) is 1. The number of rotatable bonds is 2. The quantitative estimate of drug-likeness (QED) is 0.577. The summed E-state index contributed by atoms with van der Waals surface area (Å²) in [6, 6.07) is 5.33. The number of halogens is 1. The Balaban J connectivity index is 2.92. The highest BCUT2D eigenvalue weighted by atomic mass is 79.9. The van der Waals surface area contributed by atoms with Crippen molar-refractivity contribution in [2.75, 3.05) is 11.9 Å². The van der Waals surface area contributed by atoms with Crippen molar-refractivity contribution in [3.05, 3.63) is 28.2 Å². The summed E-state index contributed by atoms with van der Waals surface area (Å²) in [4.78, 5) is 13.0. The number of anilines is 1. The smallest absolute Gasteiger partial charge is 0.328 e. The third-order valence-corrected chi connectivity index (χ3v) is 2.96. The Labute approximate surface area is 109 Å². The van der Waals surface area contributed by atoms with Gasteiger partial charge in [0.2, 0.25) is 0 Å². The summed E-state index contributed by atoms with van der Waals surface area (Å²) in [5.41, 5.74) is 7.01. The van der Waals surface area contributed by atoms with E-state index in [2.05, 4.69) is 28.2 Å². The molecule has 6 heteroatoms. The zero-order valence-corrected chi connectivity index (χ0v) is 11.3. The zero-order valence-electron chi connectivity index (χ0n) is 9.75. The van der Waals surface area contributed by atoms with Crippen LogP contribution in [-0.4, -0.2) is 19.0 Å². The molecule has 92 valence electrons. The molecule has 0 atom stereocenters. The Morgan fingerprint density at radius 1 is 1.59 bits per heavy atom. The van der Waals surface area contributed by atoms with Crippen molar-refractivity contribution in [3.8, 4) is 0 Å². The Bertz CT molecular complexity index is 447. The molecule has 0 saturated carbocycles. The maximum absolute atomic E-state index is 11.6. The topological polar surface area (TPSA) is 82.2 Å². The Morgan fingerprint density at radius 3 is 2.71 bits per heavy atom. The molecule has 1 aromatic rings. The number of nitrogens with two attached hydrogens (primary N) is 1. The van der Waals surface area contributed by atoms with Crippen LogP contribution in [0.3, 0.4) is 0 Å². The van der Waals surface area contributed by atoms with Gasteiger partial charge in [0.1, 0.15) is 0 Å². The number of benzene rings is 1. The second kappa shape index (κ2) is 5.67. The Hall–Kier alpha value is -1.56. The van der Waals surface area contributed by atoms with Crippen LogP contribution in [0.1, 0.15) is 12.5 Å². The lowest BCUT2D eigenvalue weighted by molar-refractivity contribution is 0.251. The number of carbonyl (C=O) groups excluding carboxylic acids is 1. The van der Waals surface area contributed by atoms with E-state index in [1.54, 1.807) is 7.05 Å². The van der Waals surface area contributed by atoms with Crippen molar-refractivity contribution in [3.63, 3.8) is 0 Å². The number of amides is 2. The van der Waals surface area contributed by atoms with Gasteiger partial charge in [0.15, 0.2) is 5.96 Å². The highest BCUT2D eigenvalue weighted by Gasteiger charge is 2.14. The summed E-state index contributed by atoms with van der Waals surface area (Å²) in [6.45, 7) is 2.06. The van der Waals surface area contributed by atoms with Gasteiger partial charge < -0.3 is 5.73 Å². The van der Waals surface area contributed by atoms with Crippen LogP contribution in [-0.2, 0) is 6.42 Å². The van der Waals surface area contributed by atoms with Gasteiger partial charge in [-0.05, 0) is 40.0 Å². The van der Waals surface area contributed by atoms with Crippen LogP contribution in [0, 0.1) is 5.41 Å². The Morgan fingerprint density at radius 2 is 2.24 bits per heavy atom. The molecule has 1 rings (SSSR count). The van der Waals surface area contributed by atoms with Crippen molar-refractivity contribution < 1.29 is 4.79 Å². The first-order chi connectivity index (χ1) is 7.95. The molecule has 0 aliphatic carbocycles. The van der Waals surface area contributed by atoms with E-state index >= 15 is 0 Å². The van der Waals surface area contributed by atoms with Gasteiger partial charge in [-0.1, -0.05) is 13.0 Å². The zero-order chi connectivity index (χ0) is 13.0. The van der Waals surface area contributed by atoms with Crippen LogP contribution in [0.25, 0.3) is 0 Å². The van der Waals surface area contributed by atoms with Gasteiger partial charge >= 0.3 is 6.03 Å². The lowest BCUT2D eigenvalue weighted by Crippen LogP contribution is -2.43. The second-order valence-electron chi connectivity index (χ2n) is 3.54. The lowest BCUT2D eigenvalue weighted by Gasteiger charge is -2.19. The first-order valence-corrected chi connectivity index (χ1v) is 5.92. The summed E-state index contributed by atoms with van der Waals surface area (Å²) in [7, 11) is 1.62. The normalized spacial score (nSPS) is 9.82. The molecule has 17 heavy (non-hydrogen) atoms. The summed E-state index contributed by atoms with van der Waals surface area (Å²) in [5.74, 6) is -0.372. The maximum Gasteiger partial charge on any atom is 0.328 e. The molecule has 5 nitrogen and oxygen atoms in total. The van der Waals surface area contributed by atoms with E-state index in [9.17, 15) is 4.79 Å². The minimum atomic E-state index is -0.442. The van der Waals surface area contributed by atoms with E-state index < -0.39 is 6.03 Å². The maximum atomic E-state index is 11.6. The summed E-state index contributed by atoms with van der Waals surface area (Å²) in [6.07, 6.45) is 0.933. The number of hydrogen-bond acceptors (Lipinski definition) is 2. The van der Waals surface area contributed by atoms with Gasteiger partial charge in [0, 0.05) is 11.5 Å². The monoisotopic (exact) mass is 298 g/mol. The number of hydrogen-bond donors (Lipinski definition) is 3. The van der Waals surface area contributed by atoms with Crippen LogP contribution in [0.5, 0.6) is 0 Å². The van der Waals surface area contributed by atoms with Crippen LogP contribution in [0.2, 0.25) is 0 Å². The second-order valence-corrected chi connectivity index (χ2v) is 4.40. The minimum absolute atomic E-state index is 0.372. The lowest BCUT2D eigenvalue weighted by atomic mass is 10.1. The predicted molar refractivity (Wildman–Crippen MR) is 72.4 cm³/mol. The van der Waals surface area contributed by atoms with Crippen molar-refractivity contribution >= 4 is 33.6 Å². The van der Waals surface area contributed by atoms with Gasteiger partial charge in [-0.3, -0.25) is 15.6 Å². The van der Waals surface area contributed by atoms with Crippen LogP contribution in [0.4, 0.5) is 10.5 Å². The molecule has 0 unspecified atom stereocenters. The Kier molecular flexibility index (Phi) is 4.51. The fourth-order valence-electron chi connectivity index (χ4n) is 1.35. The molecule has 0 spiro atoms. The predicted octanol–water partition coefficient (Wildman–Crippen LogP) is 2.05. The van der Waals surface area contributed by atoms with E-state index in [1.165, 1.54) is 10.5 Å². The van der Waals surface area contributed by atoms with E-state index in [1.807, 2.05) is 18.2 Å². The van der Waals surface area contributed by atoms with E-state index in [-0.39, 0.29) is 5.96 Å². The highest BCUT2D eigenvalue weighted by Crippen LogP contribution is 2.26. The molecule has 0 aliphatic rings. The van der Waals surface area contributed by atoms with Crippen LogP contribution >= 0.6 is 15.9 Å². The van der Waals surface area contributed by atoms with Gasteiger partial charge in [-0.25, -0.2) is 4.79 Å². The summed E-state index contributed by atoms with van der Waals surface area (Å²) >= 11 is 3.42. The van der Waals surface area contributed by atoms with E-state index in [0.29, 0.717) is 0 Å². The van der Waals surface area contributed by atoms with Crippen molar-refractivity contribution in [2.45, 2.75) is 13.3 Å². The molecular formula is C11H15BrN4O. The average Bonchev–Trinajstić information content (AvgIpc) is 2.27. The molecule has 0 aromatic heterocycles. The SMILES string of the molecule is CCc1ccc(N(C)C(=O)NC(=N)N)c(Br)c1. The molecule has 0 heterocycles. The average molecular weight is 299 g/mol. The van der Waals surface area contributed by atoms with Crippen LogP contribution in [0.15, 0.2) is 22.7 Å². The molecule has 0 bridgehead atoms. The van der Waals surface area contributed by atoms with Crippen molar-refractivity contribution in [1.82, 2.24) is 5.32 Å². The van der Waals surface area contributed by atoms with E-state index in [0.717, 1.165) is 16.6 Å². The number of guanidine groups is 1. The van der Waals surface area contributed by atoms with Gasteiger partial charge in [-0.2, -0.15) is 0 Å². The number of aryl methyl sites for hydroxylation is 1. The summed E-state index contributed by atoms with van der Waals surface area (Å²) < 4.78 is 0.832. The molecule has 0 aliphatic heterocycles. The third-order valence-electron chi connectivity index (χ3n) is 2.33. The van der Waals surface area contributed by atoms with Gasteiger partial charge in [0.25, 0.3) is 0 Å². The fourth-order valence-corrected chi connectivity index (χ4v) is 2.04. The van der Waals surface area contributed by atoms with Gasteiger partial charge in [0.05, 0.1) is 5.69 Å². The number of urea groups is 1. The molecule has 2 amide bonds. The van der Waals surface area contributed by atoms with Gasteiger partial charge in [-0.15, -0.1) is 0 Å². The molecule has 0 radical (unpaired) electrons. The summed E-state index contributed by atoms with van der Waals surface area (Å²) in [5, 5.41) is 9.23. The van der Waals surface area contributed by atoms with E-state index in [4.69, 9.17) is 11.1 Å². The third kappa shape index (κ3) is 3.45. The molecule has 0 saturated heterocycles. The van der Waals surface area contributed by atoms with Crippen molar-refractivity contribution in [1.29, 1.82) is 5.41 Å². The first kappa shape index (κ1) is 13.5. The molecular weight excluding hydrogens is 284 g/mol. The highest BCUT2D eigenvalue weighted by molar-refractivity contribution is 9.10.